The summed E-state index contributed by atoms with van der Waals surface area (Å²) < 4.78 is 0. The zero-order valence-corrected chi connectivity index (χ0v) is 7.27. The van der Waals surface area contributed by atoms with E-state index < -0.39 is 0 Å². The molecule has 1 aromatic rings. The Balaban J connectivity index is 3.04. The number of anilines is 1. The zero-order valence-electron chi connectivity index (χ0n) is 6.45. The third-order valence-corrected chi connectivity index (χ3v) is 2.14. The molecule has 0 radical (unpaired) electrons. The van der Waals surface area contributed by atoms with Crippen LogP contribution in [-0.2, 0) is 0 Å². The number of rotatable bonds is 2. The van der Waals surface area contributed by atoms with E-state index in [9.17, 15) is 0 Å². The minimum absolute atomic E-state index is 0.584. The topological polar surface area (TPSA) is 49.8 Å². The van der Waals surface area contributed by atoms with Crippen LogP contribution in [0.3, 0.4) is 0 Å². The summed E-state index contributed by atoms with van der Waals surface area (Å²) >= 11 is 1.45. The standard InChI is InChI=1S/C9H8N2S/c1-2-12-9-4-3-7(6-10)5-8(9)11/h2-5H,1,11H2. The molecule has 0 bridgehead atoms. The van der Waals surface area contributed by atoms with Crippen LogP contribution in [0.15, 0.2) is 35.1 Å². The number of nitrogen functional groups attached to an aromatic ring is 1. The lowest BCUT2D eigenvalue weighted by molar-refractivity contribution is 1.42. The summed E-state index contributed by atoms with van der Waals surface area (Å²) in [4.78, 5) is 0.934. The van der Waals surface area contributed by atoms with Gasteiger partial charge in [-0.1, -0.05) is 18.3 Å². The predicted molar refractivity (Wildman–Crippen MR) is 51.6 cm³/mol. The van der Waals surface area contributed by atoms with Gasteiger partial charge in [-0.3, -0.25) is 0 Å². The minimum Gasteiger partial charge on any atom is -0.398 e. The highest BCUT2D eigenvalue weighted by molar-refractivity contribution is 8.02. The highest BCUT2D eigenvalue weighted by atomic mass is 32.2. The van der Waals surface area contributed by atoms with Crippen molar-refractivity contribution in [2.75, 3.05) is 5.73 Å². The molecule has 0 aromatic heterocycles. The SMILES string of the molecule is C=CSc1ccc(C#N)cc1N. The maximum absolute atomic E-state index is 8.55. The van der Waals surface area contributed by atoms with Gasteiger partial charge >= 0.3 is 0 Å². The smallest absolute Gasteiger partial charge is 0.0992 e. The molecule has 2 N–H and O–H groups in total. The highest BCUT2D eigenvalue weighted by Gasteiger charge is 1.98. The van der Waals surface area contributed by atoms with Gasteiger partial charge in [-0.2, -0.15) is 5.26 Å². The fraction of sp³-hybridized carbons (Fsp3) is 0. The van der Waals surface area contributed by atoms with E-state index in [0.717, 1.165) is 4.90 Å². The van der Waals surface area contributed by atoms with E-state index in [1.165, 1.54) is 11.8 Å². The fourth-order valence-electron chi connectivity index (χ4n) is 0.815. The van der Waals surface area contributed by atoms with Crippen molar-refractivity contribution in [3.63, 3.8) is 0 Å². The van der Waals surface area contributed by atoms with Gasteiger partial charge in [0.05, 0.1) is 11.6 Å². The van der Waals surface area contributed by atoms with E-state index >= 15 is 0 Å². The fourth-order valence-corrected chi connectivity index (χ4v) is 1.34. The van der Waals surface area contributed by atoms with Crippen LogP contribution >= 0.6 is 11.8 Å². The van der Waals surface area contributed by atoms with E-state index in [4.69, 9.17) is 11.0 Å². The molecule has 0 heterocycles. The molecular weight excluding hydrogens is 168 g/mol. The summed E-state index contributed by atoms with van der Waals surface area (Å²) in [5.74, 6) is 0. The largest absolute Gasteiger partial charge is 0.398 e. The van der Waals surface area contributed by atoms with Crippen LogP contribution in [0.5, 0.6) is 0 Å². The molecule has 0 saturated carbocycles. The monoisotopic (exact) mass is 176 g/mol. The number of hydrogen-bond donors (Lipinski definition) is 1. The number of nitrogens with zero attached hydrogens (tertiary/aromatic N) is 1. The van der Waals surface area contributed by atoms with Gasteiger partial charge in [0.1, 0.15) is 0 Å². The number of nitrogens with two attached hydrogens (primary N) is 1. The first-order chi connectivity index (χ1) is 5.77. The third kappa shape index (κ3) is 1.80. The van der Waals surface area contributed by atoms with Crippen LogP contribution in [0.1, 0.15) is 5.56 Å². The van der Waals surface area contributed by atoms with Crippen LogP contribution in [0.25, 0.3) is 0 Å². The maximum Gasteiger partial charge on any atom is 0.0992 e. The van der Waals surface area contributed by atoms with Gasteiger partial charge in [0, 0.05) is 10.6 Å². The summed E-state index contributed by atoms with van der Waals surface area (Å²) in [5.41, 5.74) is 6.87. The number of thioether (sulfide) groups is 1. The Bertz CT molecular complexity index is 339. The van der Waals surface area contributed by atoms with E-state index in [0.29, 0.717) is 11.3 Å². The van der Waals surface area contributed by atoms with Gasteiger partial charge in [-0.25, -0.2) is 0 Å². The zero-order chi connectivity index (χ0) is 8.97. The molecule has 0 aliphatic heterocycles. The average Bonchev–Trinajstić information content (AvgIpc) is 2.09. The van der Waals surface area contributed by atoms with Crippen molar-refractivity contribution >= 4 is 17.4 Å². The Hall–Kier alpha value is -1.40. The normalized spacial score (nSPS) is 8.92. The summed E-state index contributed by atoms with van der Waals surface area (Å²) in [5, 5.41) is 10.3. The van der Waals surface area contributed by atoms with Gasteiger partial charge in [0.15, 0.2) is 0 Å². The molecule has 0 aliphatic rings. The summed E-state index contributed by atoms with van der Waals surface area (Å²) in [7, 11) is 0. The molecule has 0 fully saturated rings. The molecule has 0 atom stereocenters. The second-order valence-corrected chi connectivity index (χ2v) is 3.16. The van der Waals surface area contributed by atoms with Crippen LogP contribution in [0, 0.1) is 11.3 Å². The van der Waals surface area contributed by atoms with Crippen molar-refractivity contribution in [3.05, 3.63) is 35.7 Å². The van der Waals surface area contributed by atoms with Gasteiger partial charge in [-0.05, 0) is 23.6 Å². The number of benzene rings is 1. The van der Waals surface area contributed by atoms with Crippen LogP contribution in [0.4, 0.5) is 5.69 Å². The first kappa shape index (κ1) is 8.69. The van der Waals surface area contributed by atoms with Crippen molar-refractivity contribution in [2.45, 2.75) is 4.90 Å². The van der Waals surface area contributed by atoms with E-state index in [1.54, 1.807) is 17.5 Å². The molecule has 0 saturated heterocycles. The molecule has 1 rings (SSSR count). The predicted octanol–water partition coefficient (Wildman–Crippen LogP) is 2.38. The van der Waals surface area contributed by atoms with Crippen LogP contribution < -0.4 is 5.73 Å². The summed E-state index contributed by atoms with van der Waals surface area (Å²) in [6.07, 6.45) is 0. The first-order valence-electron chi connectivity index (χ1n) is 3.35. The number of hydrogen-bond acceptors (Lipinski definition) is 3. The van der Waals surface area contributed by atoms with Gasteiger partial charge in [0.25, 0.3) is 0 Å². The molecule has 2 nitrogen and oxygen atoms in total. The van der Waals surface area contributed by atoms with Crippen molar-refractivity contribution in [1.82, 2.24) is 0 Å². The second kappa shape index (κ2) is 3.84. The lowest BCUT2D eigenvalue weighted by Crippen LogP contribution is -1.88. The lowest BCUT2D eigenvalue weighted by Gasteiger charge is -2.00. The molecule has 60 valence electrons. The van der Waals surface area contributed by atoms with Gasteiger partial charge in [0.2, 0.25) is 0 Å². The van der Waals surface area contributed by atoms with Crippen LogP contribution in [0.2, 0.25) is 0 Å². The van der Waals surface area contributed by atoms with Gasteiger partial charge in [-0.15, -0.1) is 0 Å². The summed E-state index contributed by atoms with van der Waals surface area (Å²) in [6.45, 7) is 3.58. The Morgan fingerprint density at radius 3 is 2.83 bits per heavy atom. The molecule has 0 aliphatic carbocycles. The molecule has 0 unspecified atom stereocenters. The lowest BCUT2D eigenvalue weighted by atomic mass is 10.2. The average molecular weight is 176 g/mol. The Morgan fingerprint density at radius 1 is 1.58 bits per heavy atom. The van der Waals surface area contributed by atoms with Crippen molar-refractivity contribution in [1.29, 1.82) is 5.26 Å². The molecule has 1 aromatic carbocycles. The quantitative estimate of drug-likeness (QED) is 0.556. The minimum atomic E-state index is 0.584. The molecule has 0 spiro atoms. The van der Waals surface area contributed by atoms with Crippen molar-refractivity contribution < 1.29 is 0 Å². The molecular formula is C9H8N2S. The summed E-state index contributed by atoms with van der Waals surface area (Å²) in [6, 6.07) is 7.24. The Labute approximate surface area is 75.7 Å². The molecule has 3 heteroatoms. The van der Waals surface area contributed by atoms with Crippen molar-refractivity contribution in [2.24, 2.45) is 0 Å². The maximum atomic E-state index is 8.55. The Morgan fingerprint density at radius 2 is 2.33 bits per heavy atom. The second-order valence-electron chi connectivity index (χ2n) is 2.15. The first-order valence-corrected chi connectivity index (χ1v) is 4.23. The van der Waals surface area contributed by atoms with Gasteiger partial charge < -0.3 is 5.73 Å². The van der Waals surface area contributed by atoms with Crippen LogP contribution in [-0.4, -0.2) is 0 Å². The van der Waals surface area contributed by atoms with E-state index in [1.807, 2.05) is 12.1 Å². The van der Waals surface area contributed by atoms with E-state index in [-0.39, 0.29) is 0 Å². The van der Waals surface area contributed by atoms with Crippen molar-refractivity contribution in [3.8, 4) is 6.07 Å². The molecule has 0 amide bonds. The Kier molecular flexibility index (Phi) is 2.78. The third-order valence-electron chi connectivity index (χ3n) is 1.35. The molecule has 12 heavy (non-hydrogen) atoms. The highest BCUT2D eigenvalue weighted by Crippen LogP contribution is 2.25. The van der Waals surface area contributed by atoms with E-state index in [2.05, 4.69) is 6.58 Å². The number of nitriles is 1.